The van der Waals surface area contributed by atoms with Crippen molar-refractivity contribution in [1.29, 1.82) is 0 Å². The topological polar surface area (TPSA) is 40.5 Å². The van der Waals surface area contributed by atoms with Crippen LogP contribution in [0.5, 0.6) is 0 Å². The van der Waals surface area contributed by atoms with Gasteiger partial charge in [-0.2, -0.15) is 0 Å². The number of piperidine rings is 1. The predicted octanol–water partition coefficient (Wildman–Crippen LogP) is 1.79. The van der Waals surface area contributed by atoms with Crippen LogP contribution in [0.4, 0.5) is 13.6 Å². The van der Waals surface area contributed by atoms with E-state index >= 15 is 0 Å². The second-order valence-electron chi connectivity index (χ2n) is 3.93. The molecule has 1 N–H and O–H groups in total. The summed E-state index contributed by atoms with van der Waals surface area (Å²) in [6.07, 6.45) is -0.426. The average molecular weight is 191 g/mol. The van der Waals surface area contributed by atoms with E-state index in [0.717, 1.165) is 0 Å². The van der Waals surface area contributed by atoms with Gasteiger partial charge in [-0.1, -0.05) is 0 Å². The molecule has 3 nitrogen and oxygen atoms in total. The Labute approximate surface area is 74.3 Å². The highest BCUT2D eigenvalue weighted by atomic mass is 19.3. The van der Waals surface area contributed by atoms with Gasteiger partial charge in [-0.15, -0.1) is 0 Å². The molecular formula is C8H11F2NO2. The summed E-state index contributed by atoms with van der Waals surface area (Å²) < 4.78 is 25.7. The zero-order valence-corrected chi connectivity index (χ0v) is 7.09. The predicted molar refractivity (Wildman–Crippen MR) is 40.8 cm³/mol. The summed E-state index contributed by atoms with van der Waals surface area (Å²) in [4.78, 5) is 11.7. The maximum Gasteiger partial charge on any atom is 0.407 e. The lowest BCUT2D eigenvalue weighted by molar-refractivity contribution is 0.0321. The van der Waals surface area contributed by atoms with Crippen molar-refractivity contribution in [2.45, 2.75) is 25.2 Å². The minimum atomic E-state index is -2.53. The molecule has 13 heavy (non-hydrogen) atoms. The van der Waals surface area contributed by atoms with Crippen LogP contribution in [-0.2, 0) is 0 Å². The number of rotatable bonds is 0. The highest BCUT2D eigenvalue weighted by molar-refractivity contribution is 5.65. The molecule has 0 atom stereocenters. The molecule has 1 saturated carbocycles. The van der Waals surface area contributed by atoms with Gasteiger partial charge in [0.1, 0.15) is 0 Å². The van der Waals surface area contributed by atoms with Crippen molar-refractivity contribution in [3.63, 3.8) is 0 Å². The van der Waals surface area contributed by atoms with E-state index in [0.29, 0.717) is 12.8 Å². The number of carbonyl (C=O) groups is 1. The number of alkyl halides is 2. The van der Waals surface area contributed by atoms with Crippen LogP contribution < -0.4 is 0 Å². The van der Waals surface area contributed by atoms with Gasteiger partial charge in [0.05, 0.1) is 0 Å². The average Bonchev–Trinajstić information content (AvgIpc) is 2.53. The molecular weight excluding hydrogens is 180 g/mol. The molecule has 1 aliphatic heterocycles. The maximum absolute atomic E-state index is 12.8. The molecule has 0 aromatic rings. The second-order valence-corrected chi connectivity index (χ2v) is 3.93. The summed E-state index contributed by atoms with van der Waals surface area (Å²) in [5.74, 6) is -2.53. The largest absolute Gasteiger partial charge is 0.465 e. The Morgan fingerprint density at radius 2 is 1.77 bits per heavy atom. The fourth-order valence-electron chi connectivity index (χ4n) is 2.05. The quantitative estimate of drug-likeness (QED) is 0.634. The Hall–Kier alpha value is -0.870. The van der Waals surface area contributed by atoms with Crippen molar-refractivity contribution in [3.8, 4) is 0 Å². The van der Waals surface area contributed by atoms with Gasteiger partial charge in [0, 0.05) is 24.9 Å². The summed E-state index contributed by atoms with van der Waals surface area (Å²) >= 11 is 0. The SMILES string of the molecule is O=C(O)N1CCC2(CC1)CC2(F)F. The molecule has 2 aliphatic rings. The van der Waals surface area contributed by atoms with Crippen molar-refractivity contribution >= 4 is 6.09 Å². The number of hydrogen-bond acceptors (Lipinski definition) is 1. The Morgan fingerprint density at radius 3 is 2.08 bits per heavy atom. The lowest BCUT2D eigenvalue weighted by Gasteiger charge is -2.29. The van der Waals surface area contributed by atoms with E-state index in [1.54, 1.807) is 0 Å². The first-order valence-corrected chi connectivity index (χ1v) is 4.33. The summed E-state index contributed by atoms with van der Waals surface area (Å²) in [6.45, 7) is 0.510. The minimum absolute atomic E-state index is 0.0482. The minimum Gasteiger partial charge on any atom is -0.465 e. The van der Waals surface area contributed by atoms with Gasteiger partial charge in [-0.25, -0.2) is 13.6 Å². The molecule has 0 aromatic carbocycles. The van der Waals surface area contributed by atoms with Crippen LogP contribution in [0.2, 0.25) is 0 Å². The van der Waals surface area contributed by atoms with Gasteiger partial charge in [0.15, 0.2) is 0 Å². The van der Waals surface area contributed by atoms with Crippen LogP contribution in [0.25, 0.3) is 0 Å². The third-order valence-electron chi connectivity index (χ3n) is 3.20. The van der Waals surface area contributed by atoms with E-state index in [2.05, 4.69) is 0 Å². The van der Waals surface area contributed by atoms with Gasteiger partial charge in [-0.05, 0) is 12.8 Å². The summed E-state index contributed by atoms with van der Waals surface area (Å²) in [6, 6.07) is 0. The van der Waals surface area contributed by atoms with Gasteiger partial charge in [0.2, 0.25) is 0 Å². The first-order chi connectivity index (χ1) is 5.97. The van der Waals surface area contributed by atoms with Gasteiger partial charge < -0.3 is 10.0 Å². The monoisotopic (exact) mass is 191 g/mol. The summed E-state index contributed by atoms with van der Waals surface area (Å²) in [5, 5.41) is 8.60. The lowest BCUT2D eigenvalue weighted by atomic mass is 9.93. The van der Waals surface area contributed by atoms with Gasteiger partial charge in [-0.3, -0.25) is 0 Å². The Balaban J connectivity index is 1.95. The third kappa shape index (κ3) is 1.17. The number of carboxylic acid groups (broad SMARTS) is 1. The molecule has 1 heterocycles. The molecule has 1 amide bonds. The molecule has 1 spiro atoms. The third-order valence-corrected chi connectivity index (χ3v) is 3.20. The molecule has 2 fully saturated rings. The highest BCUT2D eigenvalue weighted by Gasteiger charge is 2.70. The number of likely N-dealkylation sites (tertiary alicyclic amines) is 1. The van der Waals surface area contributed by atoms with Crippen LogP contribution in [-0.4, -0.2) is 35.1 Å². The molecule has 0 bridgehead atoms. The van der Waals surface area contributed by atoms with Crippen LogP contribution >= 0.6 is 0 Å². The first kappa shape index (κ1) is 8.72. The fourth-order valence-corrected chi connectivity index (χ4v) is 2.05. The van der Waals surface area contributed by atoms with Crippen LogP contribution in [0.3, 0.4) is 0 Å². The van der Waals surface area contributed by atoms with E-state index in [-0.39, 0.29) is 19.5 Å². The van der Waals surface area contributed by atoms with E-state index in [1.807, 2.05) is 0 Å². The lowest BCUT2D eigenvalue weighted by Crippen LogP contribution is -2.39. The van der Waals surface area contributed by atoms with Crippen molar-refractivity contribution in [2.24, 2.45) is 5.41 Å². The fraction of sp³-hybridized carbons (Fsp3) is 0.875. The van der Waals surface area contributed by atoms with Crippen molar-refractivity contribution in [1.82, 2.24) is 4.90 Å². The van der Waals surface area contributed by atoms with E-state index in [1.165, 1.54) is 4.90 Å². The van der Waals surface area contributed by atoms with Crippen LogP contribution in [0.15, 0.2) is 0 Å². The molecule has 2 rings (SSSR count). The molecule has 0 unspecified atom stereocenters. The normalized spacial score (nSPS) is 28.9. The first-order valence-electron chi connectivity index (χ1n) is 4.33. The zero-order chi connectivity index (χ0) is 9.69. The molecule has 1 saturated heterocycles. The van der Waals surface area contributed by atoms with E-state index in [4.69, 9.17) is 5.11 Å². The number of hydrogen-bond donors (Lipinski definition) is 1. The molecule has 0 aromatic heterocycles. The number of nitrogens with zero attached hydrogens (tertiary/aromatic N) is 1. The second kappa shape index (κ2) is 2.33. The zero-order valence-electron chi connectivity index (χ0n) is 7.09. The van der Waals surface area contributed by atoms with Crippen LogP contribution in [0, 0.1) is 5.41 Å². The van der Waals surface area contributed by atoms with Crippen LogP contribution in [0.1, 0.15) is 19.3 Å². The summed E-state index contributed by atoms with van der Waals surface area (Å²) in [7, 11) is 0. The molecule has 1 aliphatic carbocycles. The Bertz CT molecular complexity index is 247. The van der Waals surface area contributed by atoms with Gasteiger partial charge >= 0.3 is 6.09 Å². The molecule has 5 heteroatoms. The number of halogens is 2. The van der Waals surface area contributed by atoms with Gasteiger partial charge in [0.25, 0.3) is 5.92 Å². The van der Waals surface area contributed by atoms with Crippen molar-refractivity contribution < 1.29 is 18.7 Å². The highest BCUT2D eigenvalue weighted by Crippen LogP contribution is 2.65. The Morgan fingerprint density at radius 1 is 1.31 bits per heavy atom. The summed E-state index contributed by atoms with van der Waals surface area (Å²) in [5.41, 5.74) is -0.848. The van der Waals surface area contributed by atoms with E-state index in [9.17, 15) is 13.6 Å². The van der Waals surface area contributed by atoms with Crippen molar-refractivity contribution in [2.75, 3.05) is 13.1 Å². The smallest absolute Gasteiger partial charge is 0.407 e. The number of amides is 1. The standard InChI is InChI=1S/C8H11F2NO2/c9-8(10)5-7(8)1-3-11(4-2-7)6(12)13/h1-5H2,(H,12,13). The van der Waals surface area contributed by atoms with E-state index < -0.39 is 17.4 Å². The Kier molecular flexibility index (Phi) is 1.56. The maximum atomic E-state index is 12.8. The van der Waals surface area contributed by atoms with Crippen molar-refractivity contribution in [3.05, 3.63) is 0 Å². The molecule has 74 valence electrons. The molecule has 0 radical (unpaired) electrons.